The molecule has 0 unspecified atom stereocenters. The molecule has 2 aromatic rings. The molecule has 296 valence electrons. The summed E-state index contributed by atoms with van der Waals surface area (Å²) in [5, 5.41) is 2.86. The third kappa shape index (κ3) is 23.7. The van der Waals surface area contributed by atoms with E-state index in [0.29, 0.717) is 98.2 Å². The Balaban J connectivity index is 1.31. The summed E-state index contributed by atoms with van der Waals surface area (Å²) in [7, 11) is 0. The van der Waals surface area contributed by atoms with E-state index in [-0.39, 0.29) is 24.5 Å². The van der Waals surface area contributed by atoms with Gasteiger partial charge in [0.2, 0.25) is 0 Å². The third-order valence-electron chi connectivity index (χ3n) is 7.32. The zero-order valence-corrected chi connectivity index (χ0v) is 30.6. The lowest BCUT2D eigenvalue weighted by Gasteiger charge is -2.13. The van der Waals surface area contributed by atoms with E-state index in [1.807, 2.05) is 0 Å². The molecule has 52 heavy (non-hydrogen) atoms. The number of esters is 1. The number of anilines is 2. The Labute approximate surface area is 306 Å². The monoisotopic (exact) mass is 745 g/mol. The molecule has 0 fully saturated rings. The van der Waals surface area contributed by atoms with E-state index in [1.165, 1.54) is 50.3 Å². The Bertz CT molecular complexity index is 1160. The quantitative estimate of drug-likeness (QED) is 0.0585. The molecule has 0 aromatic heterocycles. The van der Waals surface area contributed by atoms with E-state index in [1.54, 1.807) is 18.2 Å². The van der Waals surface area contributed by atoms with Crippen LogP contribution >= 0.6 is 0 Å². The zero-order valence-electron chi connectivity index (χ0n) is 30.6. The van der Waals surface area contributed by atoms with Crippen LogP contribution in [0, 0.1) is 0 Å². The van der Waals surface area contributed by atoms with Gasteiger partial charge in [0.15, 0.2) is 0 Å². The number of nitrogens with one attached hydrogen (secondary N) is 1. The largest absolute Gasteiger partial charge is 0.460 e. The van der Waals surface area contributed by atoms with Crippen molar-refractivity contribution in [1.29, 1.82) is 0 Å². The van der Waals surface area contributed by atoms with Gasteiger partial charge >= 0.3 is 12.1 Å². The summed E-state index contributed by atoms with van der Waals surface area (Å²) in [6.07, 6.45) is 3.11. The lowest BCUT2D eigenvalue weighted by molar-refractivity contribution is -0.137. The summed E-state index contributed by atoms with van der Waals surface area (Å²) in [5.41, 5.74) is -0.0747. The first kappa shape index (κ1) is 45.3. The minimum atomic E-state index is -4.47. The maximum Gasteiger partial charge on any atom is 0.416 e. The van der Waals surface area contributed by atoms with Crippen LogP contribution in [-0.4, -0.2) is 118 Å². The molecule has 0 bridgehead atoms. The molecule has 0 radical (unpaired) electrons. The summed E-state index contributed by atoms with van der Waals surface area (Å²) in [4.78, 5) is 12.6. The van der Waals surface area contributed by atoms with Crippen molar-refractivity contribution in [2.75, 3.05) is 118 Å². The minimum absolute atomic E-state index is 0.00406. The van der Waals surface area contributed by atoms with Crippen LogP contribution in [0.25, 0.3) is 0 Å². The summed E-state index contributed by atoms with van der Waals surface area (Å²) in [6.45, 7) is 9.78. The molecule has 0 amide bonds. The van der Waals surface area contributed by atoms with Crippen molar-refractivity contribution < 1.29 is 60.6 Å². The molecule has 2 aromatic carbocycles. The van der Waals surface area contributed by atoms with Crippen LogP contribution in [0.5, 0.6) is 0 Å². The summed E-state index contributed by atoms with van der Waals surface area (Å²) in [6, 6.07) is 11.2. The molecule has 0 heterocycles. The maximum atomic E-state index is 13.0. The summed E-state index contributed by atoms with van der Waals surface area (Å²) < 4.78 is 88.3. The molecular weight excluding hydrogens is 687 g/mol. The minimum Gasteiger partial charge on any atom is -0.460 e. The number of carbonyl (C=O) groups excluding carboxylic acids is 1. The fourth-order valence-electron chi connectivity index (χ4n) is 4.60. The zero-order chi connectivity index (χ0) is 37.4. The lowest BCUT2D eigenvalue weighted by atomic mass is 10.1. The molecule has 14 heteroatoms. The van der Waals surface area contributed by atoms with Crippen LogP contribution in [0.1, 0.15) is 61.4 Å². The highest BCUT2D eigenvalue weighted by Crippen LogP contribution is 2.32. The summed E-state index contributed by atoms with van der Waals surface area (Å²) >= 11 is 0. The van der Waals surface area contributed by atoms with Gasteiger partial charge in [-0.15, -0.1) is 0 Å². The average Bonchev–Trinajstić information content (AvgIpc) is 3.14. The number of benzene rings is 2. The Kier molecular flexibility index (Phi) is 26.7. The second-order valence-corrected chi connectivity index (χ2v) is 11.6. The van der Waals surface area contributed by atoms with Gasteiger partial charge in [-0.05, 0) is 36.8 Å². The number of para-hydroxylation sites is 1. The molecule has 0 aliphatic heterocycles. The highest BCUT2D eigenvalue weighted by molar-refractivity contribution is 5.96. The van der Waals surface area contributed by atoms with Gasteiger partial charge in [-0.1, -0.05) is 57.2 Å². The first-order valence-corrected chi connectivity index (χ1v) is 18.2. The fourth-order valence-corrected chi connectivity index (χ4v) is 4.60. The molecular formula is C38H58F3NO10. The highest BCUT2D eigenvalue weighted by Gasteiger charge is 2.30. The second-order valence-electron chi connectivity index (χ2n) is 11.6. The molecule has 0 spiro atoms. The molecule has 0 saturated carbocycles. The number of alkyl halides is 3. The standard InChI is InChI=1S/C38H58F3NO10/c1-2-3-4-5-6-9-15-44-16-17-45-18-19-46-20-21-47-22-23-48-24-25-49-26-27-50-28-29-51-30-31-52-37(43)35-13-7-8-14-36(35)42-34-12-10-11-33(32-34)38(39,40)41/h7-8,10-14,32,42H,2-6,9,15-31H2,1H3. The Morgan fingerprint density at radius 1 is 0.538 bits per heavy atom. The number of rotatable bonds is 34. The van der Waals surface area contributed by atoms with Gasteiger partial charge in [0, 0.05) is 12.3 Å². The van der Waals surface area contributed by atoms with Crippen LogP contribution in [-0.2, 0) is 48.8 Å². The Morgan fingerprint density at radius 2 is 0.981 bits per heavy atom. The molecule has 0 saturated heterocycles. The average molecular weight is 746 g/mol. The topological polar surface area (TPSA) is 112 Å². The Morgan fingerprint density at radius 3 is 1.48 bits per heavy atom. The summed E-state index contributed by atoms with van der Waals surface area (Å²) in [5.74, 6) is -0.624. The van der Waals surface area contributed by atoms with Crippen molar-refractivity contribution in [3.8, 4) is 0 Å². The van der Waals surface area contributed by atoms with E-state index in [0.717, 1.165) is 25.2 Å². The first-order valence-electron chi connectivity index (χ1n) is 18.2. The fraction of sp³-hybridized carbons (Fsp3) is 0.658. The normalized spacial score (nSPS) is 11.6. The smallest absolute Gasteiger partial charge is 0.416 e. The molecule has 0 aliphatic rings. The molecule has 2 rings (SSSR count). The molecule has 0 atom stereocenters. The van der Waals surface area contributed by atoms with Crippen LogP contribution in [0.4, 0.5) is 24.5 Å². The maximum absolute atomic E-state index is 13.0. The number of carbonyl (C=O) groups is 1. The van der Waals surface area contributed by atoms with Gasteiger partial charge in [-0.3, -0.25) is 0 Å². The van der Waals surface area contributed by atoms with E-state index >= 15 is 0 Å². The number of unbranched alkanes of at least 4 members (excludes halogenated alkanes) is 5. The Hall–Kier alpha value is -2.82. The number of hydrogen-bond acceptors (Lipinski definition) is 11. The molecule has 0 aliphatic carbocycles. The lowest BCUT2D eigenvalue weighted by Crippen LogP contribution is -2.16. The molecule has 1 N–H and O–H groups in total. The van der Waals surface area contributed by atoms with E-state index < -0.39 is 17.7 Å². The van der Waals surface area contributed by atoms with Crippen molar-refractivity contribution >= 4 is 17.3 Å². The number of halogens is 3. The molecule has 11 nitrogen and oxygen atoms in total. The van der Waals surface area contributed by atoms with Crippen molar-refractivity contribution in [3.05, 3.63) is 59.7 Å². The van der Waals surface area contributed by atoms with Gasteiger partial charge in [0.1, 0.15) is 6.61 Å². The van der Waals surface area contributed by atoms with Crippen LogP contribution in [0.15, 0.2) is 48.5 Å². The van der Waals surface area contributed by atoms with Crippen molar-refractivity contribution in [1.82, 2.24) is 0 Å². The predicted octanol–water partition coefficient (Wildman–Crippen LogP) is 7.10. The van der Waals surface area contributed by atoms with E-state index in [2.05, 4.69) is 12.2 Å². The van der Waals surface area contributed by atoms with E-state index in [4.69, 9.17) is 42.6 Å². The highest BCUT2D eigenvalue weighted by atomic mass is 19.4. The van der Waals surface area contributed by atoms with Gasteiger partial charge < -0.3 is 47.9 Å². The van der Waals surface area contributed by atoms with Gasteiger partial charge in [-0.25, -0.2) is 4.79 Å². The van der Waals surface area contributed by atoms with Crippen LogP contribution in [0.3, 0.4) is 0 Å². The van der Waals surface area contributed by atoms with E-state index in [9.17, 15) is 18.0 Å². The van der Waals surface area contributed by atoms with Crippen molar-refractivity contribution in [3.63, 3.8) is 0 Å². The third-order valence-corrected chi connectivity index (χ3v) is 7.32. The van der Waals surface area contributed by atoms with Gasteiger partial charge in [0.25, 0.3) is 0 Å². The second kappa shape index (κ2) is 30.6. The number of ether oxygens (including phenoxy) is 9. The van der Waals surface area contributed by atoms with Gasteiger partial charge in [0.05, 0.1) is 116 Å². The SMILES string of the molecule is CCCCCCCCOCCOCCOCCOCCOCCOCCOCCOCCOC(=O)c1ccccc1Nc1cccc(C(F)(F)F)c1. The van der Waals surface area contributed by atoms with Crippen LogP contribution in [0.2, 0.25) is 0 Å². The predicted molar refractivity (Wildman–Crippen MR) is 191 cm³/mol. The van der Waals surface area contributed by atoms with Gasteiger partial charge in [-0.2, -0.15) is 13.2 Å². The first-order chi connectivity index (χ1) is 25.4. The van der Waals surface area contributed by atoms with Crippen LogP contribution < -0.4 is 5.32 Å². The number of hydrogen-bond donors (Lipinski definition) is 1. The van der Waals surface area contributed by atoms with Crippen molar-refractivity contribution in [2.45, 2.75) is 51.6 Å². The van der Waals surface area contributed by atoms with Crippen molar-refractivity contribution in [2.24, 2.45) is 0 Å².